The van der Waals surface area contributed by atoms with Crippen LogP contribution < -0.4 is 4.74 Å². The second-order valence-corrected chi connectivity index (χ2v) is 13.5. The second-order valence-electron chi connectivity index (χ2n) is 9.61. The zero-order valence-corrected chi connectivity index (χ0v) is 23.0. The molecule has 2 saturated heterocycles. The van der Waals surface area contributed by atoms with Gasteiger partial charge in [0.1, 0.15) is 5.75 Å². The molecule has 1 aromatic heterocycles. The summed E-state index contributed by atoms with van der Waals surface area (Å²) in [5, 5.41) is 8.38. The Balaban J connectivity index is 1.25. The highest BCUT2D eigenvalue weighted by atomic mass is 32.2. The molecule has 12 heteroatoms. The second kappa shape index (κ2) is 11.1. The van der Waals surface area contributed by atoms with Gasteiger partial charge >= 0.3 is 0 Å². The fraction of sp³-hybridized carbons (Fsp3) is 0.462. The summed E-state index contributed by atoms with van der Waals surface area (Å²) in [6.45, 7) is 1.59. The SMILES string of the molecule is COc1ccccc1-c1nnc(C2CCN(S(=O)(=O)c3ccc(S(=O)(=O)N4CCCCCC4)cc3)CC2)o1. The van der Waals surface area contributed by atoms with Crippen LogP contribution in [0.4, 0.5) is 0 Å². The first kappa shape index (κ1) is 26.8. The lowest BCUT2D eigenvalue weighted by molar-refractivity contribution is 0.291. The third kappa shape index (κ3) is 5.35. The van der Waals surface area contributed by atoms with E-state index in [-0.39, 0.29) is 15.7 Å². The number of nitrogens with zero attached hydrogens (tertiary/aromatic N) is 4. The summed E-state index contributed by atoms with van der Waals surface area (Å²) in [5.74, 6) is 1.42. The normalized spacial score (nSPS) is 18.8. The number of benzene rings is 2. The Hall–Kier alpha value is -2.80. The molecule has 0 radical (unpaired) electrons. The van der Waals surface area contributed by atoms with Crippen LogP contribution in [0.3, 0.4) is 0 Å². The number of piperidine rings is 1. The van der Waals surface area contributed by atoms with Crippen molar-refractivity contribution >= 4 is 20.0 Å². The number of aromatic nitrogens is 2. The summed E-state index contributed by atoms with van der Waals surface area (Å²) < 4.78 is 66.9. The highest BCUT2D eigenvalue weighted by molar-refractivity contribution is 7.89. The van der Waals surface area contributed by atoms with Gasteiger partial charge in [-0.3, -0.25) is 0 Å². The van der Waals surface area contributed by atoms with Crippen LogP contribution in [0.2, 0.25) is 0 Å². The van der Waals surface area contributed by atoms with Crippen LogP contribution in [0.5, 0.6) is 5.75 Å². The van der Waals surface area contributed by atoms with Crippen LogP contribution >= 0.6 is 0 Å². The lowest BCUT2D eigenvalue weighted by Gasteiger charge is -2.29. The molecule has 0 saturated carbocycles. The predicted octanol–water partition coefficient (Wildman–Crippen LogP) is 3.88. The van der Waals surface area contributed by atoms with E-state index in [1.807, 2.05) is 24.3 Å². The Morgan fingerprint density at radius 2 is 1.32 bits per heavy atom. The van der Waals surface area contributed by atoms with Crippen LogP contribution in [0, 0.1) is 0 Å². The Bertz CT molecular complexity index is 1460. The number of hydrogen-bond acceptors (Lipinski definition) is 8. The number of ether oxygens (including phenoxy) is 1. The first-order chi connectivity index (χ1) is 18.3. The third-order valence-electron chi connectivity index (χ3n) is 7.25. The van der Waals surface area contributed by atoms with E-state index in [1.54, 1.807) is 7.11 Å². The summed E-state index contributed by atoms with van der Waals surface area (Å²) in [5.41, 5.74) is 0.704. The lowest BCUT2D eigenvalue weighted by Crippen LogP contribution is -2.38. The van der Waals surface area contributed by atoms with Crippen LogP contribution in [0.15, 0.2) is 62.7 Å². The fourth-order valence-corrected chi connectivity index (χ4v) is 8.02. The molecule has 0 aliphatic carbocycles. The van der Waals surface area contributed by atoms with E-state index < -0.39 is 20.0 Å². The number of hydrogen-bond donors (Lipinski definition) is 0. The van der Waals surface area contributed by atoms with Crippen LogP contribution in [0.1, 0.15) is 50.3 Å². The Labute approximate surface area is 223 Å². The van der Waals surface area contributed by atoms with Gasteiger partial charge < -0.3 is 9.15 Å². The topological polar surface area (TPSA) is 123 Å². The number of sulfonamides is 2. The van der Waals surface area contributed by atoms with E-state index in [1.165, 1.54) is 32.9 Å². The minimum absolute atomic E-state index is 0.0569. The highest BCUT2D eigenvalue weighted by Gasteiger charge is 2.33. The Morgan fingerprint density at radius 3 is 1.89 bits per heavy atom. The molecule has 2 aliphatic heterocycles. The molecule has 2 fully saturated rings. The zero-order valence-electron chi connectivity index (χ0n) is 21.3. The van der Waals surface area contributed by atoms with Gasteiger partial charge in [-0.2, -0.15) is 8.61 Å². The molecule has 0 spiro atoms. The van der Waals surface area contributed by atoms with Gasteiger partial charge in [-0.05, 0) is 62.1 Å². The van der Waals surface area contributed by atoms with E-state index in [9.17, 15) is 16.8 Å². The quantitative estimate of drug-likeness (QED) is 0.427. The van der Waals surface area contributed by atoms with E-state index in [0.29, 0.717) is 62.1 Å². The van der Waals surface area contributed by atoms with Crippen molar-refractivity contribution in [1.29, 1.82) is 0 Å². The molecular weight excluding hydrogens is 528 g/mol. The molecule has 0 amide bonds. The minimum Gasteiger partial charge on any atom is -0.496 e. The smallest absolute Gasteiger partial charge is 0.251 e. The Kier molecular flexibility index (Phi) is 7.85. The van der Waals surface area contributed by atoms with Gasteiger partial charge in [0.05, 0.1) is 22.5 Å². The molecule has 0 N–H and O–H groups in total. The average Bonchev–Trinajstić information content (AvgIpc) is 3.27. The van der Waals surface area contributed by atoms with Gasteiger partial charge in [0, 0.05) is 32.1 Å². The molecule has 3 heterocycles. The molecule has 0 bridgehead atoms. The summed E-state index contributed by atoms with van der Waals surface area (Å²) in [6, 6.07) is 13.0. The first-order valence-electron chi connectivity index (χ1n) is 12.9. The van der Waals surface area contributed by atoms with Crippen molar-refractivity contribution in [2.75, 3.05) is 33.3 Å². The highest BCUT2D eigenvalue weighted by Crippen LogP contribution is 2.34. The molecule has 5 rings (SSSR count). The fourth-order valence-electron chi connectivity index (χ4n) is 5.04. The summed E-state index contributed by atoms with van der Waals surface area (Å²) in [7, 11) is -5.83. The third-order valence-corrected chi connectivity index (χ3v) is 11.1. The lowest BCUT2D eigenvalue weighted by atomic mass is 9.98. The van der Waals surface area contributed by atoms with Gasteiger partial charge in [-0.1, -0.05) is 25.0 Å². The number of methoxy groups -OCH3 is 1. The number of para-hydroxylation sites is 1. The molecule has 2 aliphatic rings. The maximum absolute atomic E-state index is 13.3. The van der Waals surface area contributed by atoms with Gasteiger partial charge in [0.25, 0.3) is 5.89 Å². The average molecular weight is 561 g/mol. The van der Waals surface area contributed by atoms with Crippen LogP contribution in [0.25, 0.3) is 11.5 Å². The van der Waals surface area contributed by atoms with Crippen LogP contribution in [-0.4, -0.2) is 68.9 Å². The van der Waals surface area contributed by atoms with E-state index in [2.05, 4.69) is 10.2 Å². The molecular formula is C26H32N4O6S2. The largest absolute Gasteiger partial charge is 0.496 e. The maximum atomic E-state index is 13.3. The molecule has 3 aromatic rings. The molecule has 0 unspecified atom stereocenters. The predicted molar refractivity (Wildman–Crippen MR) is 141 cm³/mol. The summed E-state index contributed by atoms with van der Waals surface area (Å²) in [6.07, 6.45) is 4.80. The van der Waals surface area contributed by atoms with Crippen molar-refractivity contribution in [2.45, 2.75) is 54.2 Å². The molecule has 204 valence electrons. The monoisotopic (exact) mass is 560 g/mol. The molecule has 10 nitrogen and oxygen atoms in total. The Morgan fingerprint density at radius 1 is 0.763 bits per heavy atom. The van der Waals surface area contributed by atoms with E-state index in [0.717, 1.165) is 25.7 Å². The maximum Gasteiger partial charge on any atom is 0.251 e. The summed E-state index contributed by atoms with van der Waals surface area (Å²) in [4.78, 5) is 0.210. The minimum atomic E-state index is -3.77. The van der Waals surface area contributed by atoms with Gasteiger partial charge in [0.2, 0.25) is 25.9 Å². The molecule has 38 heavy (non-hydrogen) atoms. The van der Waals surface area contributed by atoms with Crippen molar-refractivity contribution in [3.05, 3.63) is 54.4 Å². The standard InChI is InChI=1S/C26H32N4O6S2/c1-35-24-9-5-4-8-23(24)26-28-27-25(36-26)20-14-18-30(19-15-20)38(33,34)22-12-10-21(11-13-22)37(31,32)29-16-6-2-3-7-17-29/h4-5,8-13,20H,2-3,6-7,14-19H2,1H3. The van der Waals surface area contributed by atoms with Crippen molar-refractivity contribution in [3.63, 3.8) is 0 Å². The zero-order chi connectivity index (χ0) is 26.8. The molecule has 0 atom stereocenters. The molecule has 2 aromatic carbocycles. The van der Waals surface area contributed by atoms with E-state index >= 15 is 0 Å². The summed E-state index contributed by atoms with van der Waals surface area (Å²) >= 11 is 0. The van der Waals surface area contributed by atoms with Gasteiger partial charge in [0.15, 0.2) is 0 Å². The first-order valence-corrected chi connectivity index (χ1v) is 15.8. The number of rotatable bonds is 7. The van der Waals surface area contributed by atoms with Crippen molar-refractivity contribution < 1.29 is 26.0 Å². The van der Waals surface area contributed by atoms with Crippen molar-refractivity contribution in [3.8, 4) is 17.2 Å². The van der Waals surface area contributed by atoms with Gasteiger partial charge in [-0.15, -0.1) is 10.2 Å². The van der Waals surface area contributed by atoms with Gasteiger partial charge in [-0.25, -0.2) is 16.8 Å². The van der Waals surface area contributed by atoms with Crippen molar-refractivity contribution in [1.82, 2.24) is 18.8 Å². The van der Waals surface area contributed by atoms with E-state index in [4.69, 9.17) is 9.15 Å². The van der Waals surface area contributed by atoms with Crippen molar-refractivity contribution in [2.24, 2.45) is 0 Å². The van der Waals surface area contributed by atoms with Crippen LogP contribution in [-0.2, 0) is 20.0 Å².